The molecule has 0 aromatic heterocycles. The summed E-state index contributed by atoms with van der Waals surface area (Å²) in [6, 6.07) is 0. The van der Waals surface area contributed by atoms with Crippen LogP contribution in [0.25, 0.3) is 0 Å². The summed E-state index contributed by atoms with van der Waals surface area (Å²) in [5.74, 6) is 0.857. The van der Waals surface area contributed by atoms with E-state index in [9.17, 15) is 9.59 Å². The van der Waals surface area contributed by atoms with Crippen LogP contribution in [0.2, 0.25) is 0 Å². The van der Waals surface area contributed by atoms with Crippen molar-refractivity contribution in [3.05, 3.63) is 38.2 Å². The Balaban J connectivity index is 4.68. The summed E-state index contributed by atoms with van der Waals surface area (Å²) in [4.78, 5) is 22.3. The number of hydrogen-bond donors (Lipinski definition) is 0. The van der Waals surface area contributed by atoms with Crippen molar-refractivity contribution in [1.82, 2.24) is 0 Å². The third kappa shape index (κ3) is 9.22. The molecular formula is C19H30O4. The van der Waals surface area contributed by atoms with E-state index in [1.807, 2.05) is 0 Å². The normalized spacial score (nSPS) is 12.6. The summed E-state index contributed by atoms with van der Waals surface area (Å²) in [5, 5.41) is 0. The molecule has 4 nitrogen and oxygen atoms in total. The molecular weight excluding hydrogens is 292 g/mol. The Bertz CT molecular complexity index is 372. The molecule has 0 aliphatic heterocycles. The summed E-state index contributed by atoms with van der Waals surface area (Å²) in [6.45, 7) is 17.8. The number of rotatable bonds is 12. The zero-order valence-electron chi connectivity index (χ0n) is 14.7. The minimum Gasteiger partial charge on any atom is -0.463 e. The van der Waals surface area contributed by atoms with Gasteiger partial charge in [0.1, 0.15) is 0 Å². The third-order valence-electron chi connectivity index (χ3n) is 3.94. The van der Waals surface area contributed by atoms with Gasteiger partial charge in [0.25, 0.3) is 0 Å². The molecule has 0 saturated carbocycles. The molecule has 2 radical (unpaired) electrons. The molecule has 0 rings (SSSR count). The highest BCUT2D eigenvalue weighted by Crippen LogP contribution is 2.40. The van der Waals surface area contributed by atoms with Crippen LogP contribution >= 0.6 is 0 Å². The van der Waals surface area contributed by atoms with E-state index in [2.05, 4.69) is 40.9 Å². The molecule has 0 aliphatic rings. The van der Waals surface area contributed by atoms with Gasteiger partial charge < -0.3 is 9.47 Å². The molecule has 0 N–H and O–H groups in total. The summed E-state index contributed by atoms with van der Waals surface area (Å²) in [5.41, 5.74) is -0.0434. The molecule has 4 heteroatoms. The minimum absolute atomic E-state index is 0.0434. The second-order valence-electron chi connectivity index (χ2n) is 6.33. The van der Waals surface area contributed by atoms with Crippen LogP contribution < -0.4 is 0 Å². The lowest BCUT2D eigenvalue weighted by atomic mass is 9.70. The monoisotopic (exact) mass is 322 g/mol. The van der Waals surface area contributed by atoms with Crippen LogP contribution in [0.3, 0.4) is 0 Å². The maximum absolute atomic E-state index is 11.2. The van der Waals surface area contributed by atoms with Gasteiger partial charge in [0.15, 0.2) is 0 Å². The molecule has 0 bridgehead atoms. The molecule has 0 aromatic rings. The number of ether oxygens (including phenoxy) is 2. The number of hydrogen-bond acceptors (Lipinski definition) is 4. The number of carbonyl (C=O) groups is 2. The van der Waals surface area contributed by atoms with Gasteiger partial charge >= 0.3 is 11.9 Å². The highest BCUT2D eigenvalue weighted by molar-refractivity contribution is 5.81. The molecule has 0 aromatic carbocycles. The van der Waals surface area contributed by atoms with Crippen LogP contribution in [-0.4, -0.2) is 25.2 Å². The fourth-order valence-corrected chi connectivity index (χ4v) is 2.59. The van der Waals surface area contributed by atoms with E-state index in [1.165, 1.54) is 5.92 Å². The lowest BCUT2D eigenvalue weighted by Gasteiger charge is -2.36. The molecule has 0 heterocycles. The molecule has 0 spiro atoms. The average Bonchev–Trinajstić information content (AvgIpc) is 2.51. The molecule has 0 fully saturated rings. The van der Waals surface area contributed by atoms with Crippen LogP contribution in [0.1, 0.15) is 46.5 Å². The lowest BCUT2D eigenvalue weighted by Crippen LogP contribution is -2.27. The largest absolute Gasteiger partial charge is 0.463 e. The Morgan fingerprint density at radius 2 is 1.48 bits per heavy atom. The topological polar surface area (TPSA) is 52.6 Å². The third-order valence-corrected chi connectivity index (χ3v) is 3.94. The maximum Gasteiger partial charge on any atom is 0.330 e. The number of esters is 2. The SMILES string of the molecule is [CH2]CC(C)CC(C)(C)[C](CCOC(=O)C=C)CCOC(=O)C=C. The van der Waals surface area contributed by atoms with Crippen LogP contribution in [0.4, 0.5) is 0 Å². The molecule has 0 amide bonds. The van der Waals surface area contributed by atoms with Crippen molar-refractivity contribution < 1.29 is 19.1 Å². The summed E-state index contributed by atoms with van der Waals surface area (Å²) in [6.07, 6.45) is 5.44. The Hall–Kier alpha value is -1.58. The van der Waals surface area contributed by atoms with E-state index in [0.717, 1.165) is 25.0 Å². The number of carbonyl (C=O) groups excluding carboxylic acids is 2. The van der Waals surface area contributed by atoms with E-state index < -0.39 is 11.9 Å². The average molecular weight is 322 g/mol. The van der Waals surface area contributed by atoms with Crippen molar-refractivity contribution in [1.29, 1.82) is 0 Å². The first-order chi connectivity index (χ1) is 10.8. The van der Waals surface area contributed by atoms with Gasteiger partial charge in [-0.25, -0.2) is 9.59 Å². The van der Waals surface area contributed by atoms with Gasteiger partial charge in [-0.3, -0.25) is 0 Å². The minimum atomic E-state index is -0.425. The van der Waals surface area contributed by atoms with E-state index in [1.54, 1.807) is 0 Å². The van der Waals surface area contributed by atoms with Crippen molar-refractivity contribution >= 4 is 11.9 Å². The first-order valence-electron chi connectivity index (χ1n) is 7.99. The molecule has 130 valence electrons. The molecule has 0 aliphatic carbocycles. The van der Waals surface area contributed by atoms with E-state index >= 15 is 0 Å². The summed E-state index contributed by atoms with van der Waals surface area (Å²) >= 11 is 0. The Kier molecular flexibility index (Phi) is 10.3. The van der Waals surface area contributed by atoms with Crippen LogP contribution in [0.5, 0.6) is 0 Å². The van der Waals surface area contributed by atoms with E-state index in [4.69, 9.17) is 9.47 Å². The maximum atomic E-state index is 11.2. The predicted octanol–water partition coefficient (Wildman–Crippen LogP) is 4.08. The molecule has 1 unspecified atom stereocenters. The van der Waals surface area contributed by atoms with E-state index in [0.29, 0.717) is 32.0 Å². The van der Waals surface area contributed by atoms with Gasteiger partial charge in [-0.05, 0) is 36.5 Å². The van der Waals surface area contributed by atoms with Gasteiger partial charge in [0, 0.05) is 12.2 Å². The van der Waals surface area contributed by atoms with Crippen molar-refractivity contribution in [3.63, 3.8) is 0 Å². The van der Waals surface area contributed by atoms with Crippen molar-refractivity contribution in [2.75, 3.05) is 13.2 Å². The lowest BCUT2D eigenvalue weighted by molar-refractivity contribution is -0.138. The van der Waals surface area contributed by atoms with Crippen LogP contribution in [0, 0.1) is 24.2 Å². The van der Waals surface area contributed by atoms with Gasteiger partial charge in [0.2, 0.25) is 0 Å². The summed E-state index contributed by atoms with van der Waals surface area (Å²) in [7, 11) is 0. The standard InChI is InChI=1S/C19H30O4/c1-7-15(4)14-19(5,6)16(10-12-22-17(20)8-2)11-13-23-18(21)9-3/h8-9,15H,1-3,7,10-14H2,4-6H3. The van der Waals surface area contributed by atoms with Gasteiger partial charge in [-0.2, -0.15) is 0 Å². The molecule has 1 atom stereocenters. The van der Waals surface area contributed by atoms with Gasteiger partial charge in [0.05, 0.1) is 13.2 Å². The summed E-state index contributed by atoms with van der Waals surface area (Å²) < 4.78 is 10.2. The van der Waals surface area contributed by atoms with Crippen LogP contribution in [0.15, 0.2) is 25.3 Å². The smallest absolute Gasteiger partial charge is 0.330 e. The van der Waals surface area contributed by atoms with Gasteiger partial charge in [-0.15, -0.1) is 0 Å². The van der Waals surface area contributed by atoms with Crippen molar-refractivity contribution in [2.45, 2.75) is 46.5 Å². The van der Waals surface area contributed by atoms with Crippen molar-refractivity contribution in [3.8, 4) is 0 Å². The molecule has 23 heavy (non-hydrogen) atoms. The highest BCUT2D eigenvalue weighted by Gasteiger charge is 2.31. The Morgan fingerprint density at radius 1 is 1.04 bits per heavy atom. The van der Waals surface area contributed by atoms with Crippen LogP contribution in [-0.2, 0) is 19.1 Å². The highest BCUT2D eigenvalue weighted by atomic mass is 16.5. The fraction of sp³-hybridized carbons (Fsp3) is 0.579. The molecule has 0 saturated heterocycles. The van der Waals surface area contributed by atoms with Gasteiger partial charge in [-0.1, -0.05) is 47.3 Å². The quantitative estimate of drug-likeness (QED) is 0.401. The second kappa shape index (κ2) is 11.0. The Labute approximate surface area is 140 Å². The predicted molar refractivity (Wildman–Crippen MR) is 92.3 cm³/mol. The Morgan fingerprint density at radius 3 is 1.83 bits per heavy atom. The van der Waals surface area contributed by atoms with E-state index in [-0.39, 0.29) is 5.41 Å². The zero-order valence-corrected chi connectivity index (χ0v) is 14.7. The zero-order chi connectivity index (χ0) is 17.9. The second-order valence-corrected chi connectivity index (χ2v) is 6.33. The fourth-order valence-electron chi connectivity index (χ4n) is 2.59. The first kappa shape index (κ1) is 21.4. The van der Waals surface area contributed by atoms with Crippen molar-refractivity contribution in [2.24, 2.45) is 11.3 Å². The first-order valence-corrected chi connectivity index (χ1v) is 7.99.